The van der Waals surface area contributed by atoms with Crippen molar-refractivity contribution in [1.29, 1.82) is 0 Å². The highest BCUT2D eigenvalue weighted by Crippen LogP contribution is 2.35. The van der Waals surface area contributed by atoms with E-state index in [-0.39, 0.29) is 11.1 Å². The van der Waals surface area contributed by atoms with Crippen LogP contribution in [0.2, 0.25) is 0 Å². The Morgan fingerprint density at radius 3 is 2.05 bits per heavy atom. The smallest absolute Gasteiger partial charge is 0.416 e. The molecule has 2 rings (SSSR count). The van der Waals surface area contributed by atoms with Crippen LogP contribution < -0.4 is 4.74 Å². The summed E-state index contributed by atoms with van der Waals surface area (Å²) in [5, 5.41) is 0. The van der Waals surface area contributed by atoms with Gasteiger partial charge in [0, 0.05) is 11.6 Å². The van der Waals surface area contributed by atoms with Gasteiger partial charge in [0.15, 0.2) is 0 Å². The summed E-state index contributed by atoms with van der Waals surface area (Å²) in [5.41, 5.74) is -0.589. The summed E-state index contributed by atoms with van der Waals surface area (Å²) in [6, 6.07) is 6.75. The first-order valence-electron chi connectivity index (χ1n) is 5.69. The normalized spacial score (nSPS) is 11.8. The van der Waals surface area contributed by atoms with Crippen molar-refractivity contribution in [3.8, 4) is 16.9 Å². The van der Waals surface area contributed by atoms with Crippen LogP contribution in [0.1, 0.15) is 5.56 Å². The van der Waals surface area contributed by atoms with Crippen LogP contribution in [0.25, 0.3) is 11.1 Å². The summed E-state index contributed by atoms with van der Waals surface area (Å²) < 4.78 is 79.2. The largest absolute Gasteiger partial charge is 0.434 e. The van der Waals surface area contributed by atoms with Crippen LogP contribution in [-0.4, -0.2) is 6.61 Å². The lowest BCUT2D eigenvalue weighted by atomic mass is 10.0. The second-order valence-electron chi connectivity index (χ2n) is 4.09. The van der Waals surface area contributed by atoms with Gasteiger partial charge in [-0.05, 0) is 29.8 Å². The second-order valence-corrected chi connectivity index (χ2v) is 4.09. The van der Waals surface area contributed by atoms with Gasteiger partial charge in [-0.2, -0.15) is 22.0 Å². The van der Waals surface area contributed by atoms with E-state index in [0.29, 0.717) is 0 Å². The number of benzene rings is 2. The Kier molecular flexibility index (Phi) is 4.11. The van der Waals surface area contributed by atoms with Gasteiger partial charge < -0.3 is 4.74 Å². The maximum atomic E-state index is 13.1. The van der Waals surface area contributed by atoms with Crippen molar-refractivity contribution in [2.24, 2.45) is 0 Å². The van der Waals surface area contributed by atoms with E-state index in [1.54, 1.807) is 0 Å². The van der Waals surface area contributed by atoms with Crippen molar-refractivity contribution in [3.05, 3.63) is 53.8 Å². The first-order chi connectivity index (χ1) is 9.77. The van der Waals surface area contributed by atoms with Crippen molar-refractivity contribution in [2.75, 3.05) is 0 Å². The highest BCUT2D eigenvalue weighted by molar-refractivity contribution is 5.70. The summed E-state index contributed by atoms with van der Waals surface area (Å²) in [7, 11) is 0. The molecule has 2 aromatic carbocycles. The maximum Gasteiger partial charge on any atom is 0.416 e. The fourth-order valence-corrected chi connectivity index (χ4v) is 1.77. The maximum absolute atomic E-state index is 13.1. The van der Waals surface area contributed by atoms with Gasteiger partial charge in [-0.15, -0.1) is 0 Å². The quantitative estimate of drug-likeness (QED) is 0.716. The molecular formula is C14H8F6O. The van der Waals surface area contributed by atoms with Crippen molar-refractivity contribution in [2.45, 2.75) is 12.8 Å². The predicted octanol–water partition coefficient (Wildman–Crippen LogP) is 5.11. The van der Waals surface area contributed by atoms with E-state index in [9.17, 15) is 26.3 Å². The minimum Gasteiger partial charge on any atom is -0.434 e. The van der Waals surface area contributed by atoms with Crippen molar-refractivity contribution < 1.29 is 31.1 Å². The molecule has 7 heteroatoms. The monoisotopic (exact) mass is 306 g/mol. The summed E-state index contributed by atoms with van der Waals surface area (Å²) >= 11 is 0. The number of rotatable bonds is 3. The van der Waals surface area contributed by atoms with Gasteiger partial charge in [-0.1, -0.05) is 12.1 Å². The number of alkyl halides is 5. The lowest BCUT2D eigenvalue weighted by Crippen LogP contribution is -2.05. The zero-order valence-corrected chi connectivity index (χ0v) is 10.3. The molecule has 0 aromatic heterocycles. The van der Waals surface area contributed by atoms with E-state index in [1.165, 1.54) is 0 Å². The lowest BCUT2D eigenvalue weighted by molar-refractivity contribution is -0.137. The Hall–Kier alpha value is -2.18. The van der Waals surface area contributed by atoms with Crippen molar-refractivity contribution in [3.63, 3.8) is 0 Å². The van der Waals surface area contributed by atoms with Gasteiger partial charge in [0.25, 0.3) is 0 Å². The minimum atomic E-state index is -4.50. The molecule has 2 aromatic rings. The van der Waals surface area contributed by atoms with E-state index in [0.717, 1.165) is 42.5 Å². The lowest BCUT2D eigenvalue weighted by Gasteiger charge is -2.12. The first-order valence-corrected chi connectivity index (χ1v) is 5.69. The predicted molar refractivity (Wildman–Crippen MR) is 63.5 cm³/mol. The van der Waals surface area contributed by atoms with E-state index >= 15 is 0 Å². The standard InChI is InChI=1S/C14H8F6O/c15-10-5-6-11(12(7-10)21-13(16)17)8-1-3-9(4-2-8)14(18,19)20/h1-7,13H. The third kappa shape index (κ3) is 3.68. The summed E-state index contributed by atoms with van der Waals surface area (Å²) in [5.74, 6) is -1.23. The molecule has 1 nitrogen and oxygen atoms in total. The van der Waals surface area contributed by atoms with Crippen LogP contribution in [0.15, 0.2) is 42.5 Å². The fourth-order valence-electron chi connectivity index (χ4n) is 1.77. The molecule has 0 N–H and O–H groups in total. The first kappa shape index (κ1) is 15.2. The molecule has 0 heterocycles. The van der Waals surface area contributed by atoms with E-state index in [1.807, 2.05) is 0 Å². The number of hydrogen-bond donors (Lipinski definition) is 0. The molecule has 0 aliphatic rings. The molecule has 0 aliphatic carbocycles. The third-order valence-electron chi connectivity index (χ3n) is 2.68. The van der Waals surface area contributed by atoms with Crippen LogP contribution in [0, 0.1) is 5.82 Å². The molecule has 0 atom stereocenters. The average molecular weight is 306 g/mol. The molecule has 0 fully saturated rings. The number of ether oxygens (including phenoxy) is 1. The van der Waals surface area contributed by atoms with Crippen LogP contribution in [-0.2, 0) is 6.18 Å². The SMILES string of the molecule is Fc1ccc(-c2ccc(C(F)(F)F)cc2)c(OC(F)F)c1. The summed E-state index contributed by atoms with van der Waals surface area (Å²) in [6.45, 7) is -3.17. The van der Waals surface area contributed by atoms with Crippen LogP contribution >= 0.6 is 0 Å². The topological polar surface area (TPSA) is 9.23 Å². The van der Waals surface area contributed by atoms with Gasteiger partial charge >= 0.3 is 12.8 Å². The van der Waals surface area contributed by atoms with Gasteiger partial charge in [-0.3, -0.25) is 0 Å². The molecule has 0 aliphatic heterocycles. The van der Waals surface area contributed by atoms with E-state index < -0.39 is 29.9 Å². The molecule has 0 radical (unpaired) electrons. The van der Waals surface area contributed by atoms with Gasteiger partial charge in [0.05, 0.1) is 5.56 Å². The molecule has 0 amide bonds. The molecule has 0 saturated heterocycles. The summed E-state index contributed by atoms with van der Waals surface area (Å²) in [6.07, 6.45) is -4.50. The summed E-state index contributed by atoms with van der Waals surface area (Å²) in [4.78, 5) is 0. The number of halogens is 6. The van der Waals surface area contributed by atoms with Crippen LogP contribution in [0.5, 0.6) is 5.75 Å². The van der Waals surface area contributed by atoms with Gasteiger partial charge in [0.1, 0.15) is 11.6 Å². The average Bonchev–Trinajstić information content (AvgIpc) is 2.37. The van der Waals surface area contributed by atoms with Crippen LogP contribution in [0.3, 0.4) is 0 Å². The van der Waals surface area contributed by atoms with Crippen molar-refractivity contribution >= 4 is 0 Å². The Morgan fingerprint density at radius 2 is 1.52 bits per heavy atom. The third-order valence-corrected chi connectivity index (χ3v) is 2.68. The Morgan fingerprint density at radius 1 is 0.905 bits per heavy atom. The molecule has 0 bridgehead atoms. The van der Waals surface area contributed by atoms with Gasteiger partial charge in [0.2, 0.25) is 0 Å². The number of hydrogen-bond acceptors (Lipinski definition) is 1. The zero-order valence-electron chi connectivity index (χ0n) is 10.3. The van der Waals surface area contributed by atoms with E-state index in [4.69, 9.17) is 0 Å². The highest BCUT2D eigenvalue weighted by atomic mass is 19.4. The molecular weight excluding hydrogens is 298 g/mol. The molecule has 0 unspecified atom stereocenters. The fraction of sp³-hybridized carbons (Fsp3) is 0.143. The molecule has 0 saturated carbocycles. The Labute approximate surface area is 115 Å². The molecule has 0 spiro atoms. The minimum absolute atomic E-state index is 0.0745. The zero-order chi connectivity index (χ0) is 15.6. The molecule has 21 heavy (non-hydrogen) atoms. The Bertz CT molecular complexity index is 618. The second kappa shape index (κ2) is 5.67. The molecule has 112 valence electrons. The van der Waals surface area contributed by atoms with E-state index in [2.05, 4.69) is 4.74 Å². The van der Waals surface area contributed by atoms with Gasteiger partial charge in [-0.25, -0.2) is 4.39 Å². The van der Waals surface area contributed by atoms with Crippen molar-refractivity contribution in [1.82, 2.24) is 0 Å². The van der Waals surface area contributed by atoms with Crippen LogP contribution in [0.4, 0.5) is 26.3 Å². The Balaban J connectivity index is 2.42. The highest BCUT2D eigenvalue weighted by Gasteiger charge is 2.30.